The molecule has 0 radical (unpaired) electrons. The van der Waals surface area contributed by atoms with Crippen LogP contribution < -0.4 is 5.32 Å². The van der Waals surface area contributed by atoms with Gasteiger partial charge in [-0.3, -0.25) is 4.79 Å². The summed E-state index contributed by atoms with van der Waals surface area (Å²) in [4.78, 5) is 24.3. The van der Waals surface area contributed by atoms with Crippen LogP contribution in [0.2, 0.25) is 0 Å². The Balaban J connectivity index is 2.05. The third-order valence-electron chi connectivity index (χ3n) is 4.36. The van der Waals surface area contributed by atoms with E-state index in [1.807, 2.05) is 12.1 Å². The number of ether oxygens (including phenoxy) is 2. The number of amides is 1. The molecule has 1 aromatic rings. The van der Waals surface area contributed by atoms with E-state index in [9.17, 15) is 9.59 Å². The van der Waals surface area contributed by atoms with E-state index < -0.39 is 12.0 Å². The van der Waals surface area contributed by atoms with E-state index in [-0.39, 0.29) is 17.2 Å². The largest absolute Gasteiger partial charge is 0.467 e. The van der Waals surface area contributed by atoms with E-state index in [2.05, 4.69) is 38.2 Å². The van der Waals surface area contributed by atoms with Crippen LogP contribution in [0.4, 0.5) is 0 Å². The molecule has 2 rings (SSSR count). The lowest BCUT2D eigenvalue weighted by Crippen LogP contribution is -2.45. The van der Waals surface area contributed by atoms with Gasteiger partial charge in [0.25, 0.3) is 0 Å². The summed E-state index contributed by atoms with van der Waals surface area (Å²) in [5, 5.41) is 2.81. The van der Waals surface area contributed by atoms with Crippen molar-refractivity contribution in [3.8, 4) is 0 Å². The number of methoxy groups -OCH3 is 1. The Labute approximate surface area is 143 Å². The summed E-state index contributed by atoms with van der Waals surface area (Å²) >= 11 is 0. The summed E-state index contributed by atoms with van der Waals surface area (Å²) in [5.74, 6) is -0.753. The summed E-state index contributed by atoms with van der Waals surface area (Å²) in [7, 11) is 1.34. The molecular weight excluding hydrogens is 306 g/mol. The second-order valence-corrected chi connectivity index (χ2v) is 7.30. The average Bonchev–Trinajstić information content (AvgIpc) is 3.07. The molecule has 1 heterocycles. The molecule has 2 atom stereocenters. The molecule has 1 fully saturated rings. The van der Waals surface area contributed by atoms with Gasteiger partial charge in [-0.2, -0.15) is 0 Å². The van der Waals surface area contributed by atoms with Gasteiger partial charge in [-0.15, -0.1) is 0 Å². The number of rotatable bonds is 5. The molecule has 1 aromatic carbocycles. The van der Waals surface area contributed by atoms with Crippen LogP contribution in [0.25, 0.3) is 0 Å². The van der Waals surface area contributed by atoms with Crippen molar-refractivity contribution in [2.45, 2.75) is 45.1 Å². The highest BCUT2D eigenvalue weighted by Gasteiger charge is 2.28. The van der Waals surface area contributed by atoms with Crippen molar-refractivity contribution >= 4 is 11.9 Å². The molecule has 0 aromatic heterocycles. The molecule has 5 nitrogen and oxygen atoms in total. The first-order valence-electron chi connectivity index (χ1n) is 8.36. The summed E-state index contributed by atoms with van der Waals surface area (Å²) in [6.07, 6.45) is 1.11. The van der Waals surface area contributed by atoms with Crippen LogP contribution in [0.3, 0.4) is 0 Å². The summed E-state index contributed by atoms with van der Waals surface area (Å²) in [6, 6.07) is 7.46. The first-order valence-corrected chi connectivity index (χ1v) is 8.36. The van der Waals surface area contributed by atoms with E-state index >= 15 is 0 Å². The van der Waals surface area contributed by atoms with Crippen molar-refractivity contribution < 1.29 is 19.1 Å². The third-order valence-corrected chi connectivity index (χ3v) is 4.36. The first kappa shape index (κ1) is 18.5. The van der Waals surface area contributed by atoms with Crippen molar-refractivity contribution in [3.05, 3.63) is 35.4 Å². The summed E-state index contributed by atoms with van der Waals surface area (Å²) < 4.78 is 10.1. The molecule has 24 heavy (non-hydrogen) atoms. The van der Waals surface area contributed by atoms with E-state index in [1.165, 1.54) is 12.7 Å². The molecular formula is C19H27NO4. The quantitative estimate of drug-likeness (QED) is 0.839. The molecule has 0 bridgehead atoms. The highest BCUT2D eigenvalue weighted by Crippen LogP contribution is 2.22. The van der Waals surface area contributed by atoms with Crippen LogP contribution in [0.15, 0.2) is 24.3 Å². The van der Waals surface area contributed by atoms with Gasteiger partial charge in [-0.05, 0) is 23.0 Å². The SMILES string of the molecule is COC(=O)[C@@H](Cc1ccc(C(C)(C)C)cc1)NC(=O)[C@@H]1CCOC1. The lowest BCUT2D eigenvalue weighted by molar-refractivity contribution is -0.145. The molecule has 1 aliphatic rings. The van der Waals surface area contributed by atoms with Crippen LogP contribution in [0.1, 0.15) is 38.3 Å². The Kier molecular flexibility index (Phi) is 5.99. The lowest BCUT2D eigenvalue weighted by atomic mass is 9.86. The minimum absolute atomic E-state index is 0.0803. The van der Waals surface area contributed by atoms with Gasteiger partial charge < -0.3 is 14.8 Å². The fourth-order valence-electron chi connectivity index (χ4n) is 2.74. The monoisotopic (exact) mass is 333 g/mol. The van der Waals surface area contributed by atoms with Gasteiger partial charge in [-0.1, -0.05) is 45.0 Å². The smallest absolute Gasteiger partial charge is 0.328 e. The fourth-order valence-corrected chi connectivity index (χ4v) is 2.74. The molecule has 1 N–H and O–H groups in total. The van der Waals surface area contributed by atoms with E-state index in [4.69, 9.17) is 9.47 Å². The van der Waals surface area contributed by atoms with Crippen molar-refractivity contribution in [1.82, 2.24) is 5.32 Å². The molecule has 0 aliphatic carbocycles. The van der Waals surface area contributed by atoms with Crippen LogP contribution in [0.5, 0.6) is 0 Å². The molecule has 0 spiro atoms. The maximum atomic E-state index is 12.3. The summed E-state index contributed by atoms with van der Waals surface area (Å²) in [6.45, 7) is 7.48. The average molecular weight is 333 g/mol. The number of carbonyl (C=O) groups is 2. The van der Waals surface area contributed by atoms with Crippen LogP contribution >= 0.6 is 0 Å². The van der Waals surface area contributed by atoms with Gasteiger partial charge in [0.1, 0.15) is 6.04 Å². The number of hydrogen-bond acceptors (Lipinski definition) is 4. The predicted molar refractivity (Wildman–Crippen MR) is 91.7 cm³/mol. The van der Waals surface area contributed by atoms with Crippen LogP contribution in [-0.2, 0) is 30.9 Å². The molecule has 5 heteroatoms. The predicted octanol–water partition coefficient (Wildman–Crippen LogP) is 2.22. The maximum Gasteiger partial charge on any atom is 0.328 e. The maximum absolute atomic E-state index is 12.3. The summed E-state index contributed by atoms with van der Waals surface area (Å²) in [5.41, 5.74) is 2.30. The number of carbonyl (C=O) groups excluding carboxylic acids is 2. The van der Waals surface area contributed by atoms with Crippen LogP contribution in [-0.4, -0.2) is 38.2 Å². The van der Waals surface area contributed by atoms with Crippen molar-refractivity contribution in [1.29, 1.82) is 0 Å². The molecule has 132 valence electrons. The van der Waals surface area contributed by atoms with Gasteiger partial charge in [0.2, 0.25) is 5.91 Å². The number of esters is 1. The number of hydrogen-bond donors (Lipinski definition) is 1. The minimum Gasteiger partial charge on any atom is -0.467 e. The fraction of sp³-hybridized carbons (Fsp3) is 0.579. The van der Waals surface area contributed by atoms with Crippen molar-refractivity contribution in [3.63, 3.8) is 0 Å². The van der Waals surface area contributed by atoms with Crippen molar-refractivity contribution in [2.75, 3.05) is 20.3 Å². The van der Waals surface area contributed by atoms with Crippen molar-refractivity contribution in [2.24, 2.45) is 5.92 Å². The third kappa shape index (κ3) is 4.81. The topological polar surface area (TPSA) is 64.6 Å². The Bertz CT molecular complexity index is 568. The molecule has 0 saturated carbocycles. The molecule has 1 saturated heterocycles. The lowest BCUT2D eigenvalue weighted by Gasteiger charge is -2.21. The zero-order chi connectivity index (χ0) is 17.7. The Hall–Kier alpha value is -1.88. The van der Waals surface area contributed by atoms with Crippen LogP contribution in [0, 0.1) is 5.92 Å². The zero-order valence-corrected chi connectivity index (χ0v) is 14.9. The molecule has 1 aliphatic heterocycles. The second kappa shape index (κ2) is 7.79. The van der Waals surface area contributed by atoms with E-state index in [1.54, 1.807) is 0 Å². The van der Waals surface area contributed by atoms with Gasteiger partial charge in [0.15, 0.2) is 0 Å². The van der Waals surface area contributed by atoms with E-state index in [0.717, 1.165) is 5.56 Å². The highest BCUT2D eigenvalue weighted by molar-refractivity contribution is 5.86. The second-order valence-electron chi connectivity index (χ2n) is 7.30. The first-order chi connectivity index (χ1) is 11.3. The highest BCUT2D eigenvalue weighted by atomic mass is 16.5. The van der Waals surface area contributed by atoms with Gasteiger partial charge in [0.05, 0.1) is 19.6 Å². The van der Waals surface area contributed by atoms with Gasteiger partial charge in [0, 0.05) is 13.0 Å². The van der Waals surface area contributed by atoms with Gasteiger partial charge in [-0.25, -0.2) is 4.79 Å². The standard InChI is InChI=1S/C19H27NO4/c1-19(2,3)15-7-5-13(6-8-15)11-16(18(22)23-4)20-17(21)14-9-10-24-12-14/h5-8,14,16H,9-12H2,1-4H3,(H,20,21)/t14-,16-/m1/s1. The Morgan fingerprint density at radius 3 is 2.46 bits per heavy atom. The zero-order valence-electron chi connectivity index (χ0n) is 14.9. The molecule has 0 unspecified atom stereocenters. The van der Waals surface area contributed by atoms with Gasteiger partial charge >= 0.3 is 5.97 Å². The molecule has 1 amide bonds. The Morgan fingerprint density at radius 1 is 1.29 bits per heavy atom. The normalized spacial score (nSPS) is 18.9. The minimum atomic E-state index is -0.677. The van der Waals surface area contributed by atoms with E-state index in [0.29, 0.717) is 26.1 Å². The number of nitrogens with one attached hydrogen (secondary N) is 1. The Morgan fingerprint density at radius 2 is 1.96 bits per heavy atom. The number of benzene rings is 1.